The maximum atomic E-state index is 11.6. The van der Waals surface area contributed by atoms with Gasteiger partial charge in [-0.15, -0.1) is 0 Å². The average Bonchev–Trinajstić information content (AvgIpc) is 2.43. The minimum absolute atomic E-state index is 0.0295. The second kappa shape index (κ2) is 5.77. The first-order valence-corrected chi connectivity index (χ1v) is 5.66. The highest BCUT2D eigenvalue weighted by molar-refractivity contribution is 6.03. The molecule has 1 saturated heterocycles. The van der Waals surface area contributed by atoms with Crippen molar-refractivity contribution in [1.82, 2.24) is 9.80 Å². The molecule has 1 aliphatic rings. The van der Waals surface area contributed by atoms with Gasteiger partial charge in [-0.05, 0) is 13.5 Å². The Morgan fingerprint density at radius 2 is 2.18 bits per heavy atom. The van der Waals surface area contributed by atoms with E-state index in [9.17, 15) is 14.4 Å². The van der Waals surface area contributed by atoms with E-state index < -0.39 is 5.97 Å². The molecule has 1 N–H and O–H groups in total. The molecule has 1 fully saturated rings. The Morgan fingerprint density at radius 1 is 1.53 bits per heavy atom. The summed E-state index contributed by atoms with van der Waals surface area (Å²) in [5.41, 5.74) is 0. The lowest BCUT2D eigenvalue weighted by atomic mass is 10.1. The third-order valence-corrected chi connectivity index (χ3v) is 2.80. The van der Waals surface area contributed by atoms with Crippen LogP contribution in [0.2, 0.25) is 0 Å². The van der Waals surface area contributed by atoms with E-state index in [-0.39, 0.29) is 24.3 Å². The highest BCUT2D eigenvalue weighted by Crippen LogP contribution is 2.18. The highest BCUT2D eigenvalue weighted by Gasteiger charge is 2.34. The topological polar surface area (TPSA) is 77.9 Å². The number of hydrogen-bond donors (Lipinski definition) is 1. The SMILES string of the molecule is CC1CC(=O)N(CCCN(C)CC(=O)O)C1=O. The number of likely N-dealkylation sites (N-methyl/N-ethyl adjacent to an activating group) is 1. The summed E-state index contributed by atoms with van der Waals surface area (Å²) in [6, 6.07) is 0. The van der Waals surface area contributed by atoms with Gasteiger partial charge >= 0.3 is 5.97 Å². The maximum absolute atomic E-state index is 11.6. The fourth-order valence-corrected chi connectivity index (χ4v) is 1.89. The average molecular weight is 242 g/mol. The highest BCUT2D eigenvalue weighted by atomic mass is 16.4. The van der Waals surface area contributed by atoms with Crippen LogP contribution in [0.25, 0.3) is 0 Å². The third kappa shape index (κ3) is 3.81. The van der Waals surface area contributed by atoms with Crippen molar-refractivity contribution in [3.05, 3.63) is 0 Å². The van der Waals surface area contributed by atoms with Crippen LogP contribution < -0.4 is 0 Å². The van der Waals surface area contributed by atoms with Crippen LogP contribution in [0.1, 0.15) is 19.8 Å². The monoisotopic (exact) mass is 242 g/mol. The Kier molecular flexibility index (Phi) is 4.62. The van der Waals surface area contributed by atoms with Gasteiger partial charge in [0.2, 0.25) is 11.8 Å². The van der Waals surface area contributed by atoms with Crippen LogP contribution in [0, 0.1) is 5.92 Å². The molecule has 0 aromatic carbocycles. The Bertz CT molecular complexity index is 329. The molecule has 1 aliphatic heterocycles. The maximum Gasteiger partial charge on any atom is 0.317 e. The summed E-state index contributed by atoms with van der Waals surface area (Å²) in [5, 5.41) is 8.55. The van der Waals surface area contributed by atoms with Gasteiger partial charge in [0.1, 0.15) is 0 Å². The van der Waals surface area contributed by atoms with Gasteiger partial charge in [0, 0.05) is 25.4 Å². The second-order valence-corrected chi connectivity index (χ2v) is 4.47. The van der Waals surface area contributed by atoms with Crippen LogP contribution >= 0.6 is 0 Å². The molecule has 0 spiro atoms. The van der Waals surface area contributed by atoms with E-state index in [0.717, 1.165) is 0 Å². The summed E-state index contributed by atoms with van der Waals surface area (Å²) in [6.45, 7) is 2.65. The van der Waals surface area contributed by atoms with Gasteiger partial charge in [0.05, 0.1) is 6.54 Å². The number of carboxylic acid groups (broad SMARTS) is 1. The zero-order valence-corrected chi connectivity index (χ0v) is 10.2. The van der Waals surface area contributed by atoms with Crippen molar-refractivity contribution in [3.8, 4) is 0 Å². The fraction of sp³-hybridized carbons (Fsp3) is 0.727. The number of rotatable bonds is 6. The van der Waals surface area contributed by atoms with Crippen LogP contribution in [0.15, 0.2) is 0 Å². The zero-order chi connectivity index (χ0) is 13.0. The van der Waals surface area contributed by atoms with E-state index in [1.165, 1.54) is 4.90 Å². The summed E-state index contributed by atoms with van der Waals surface area (Å²) in [7, 11) is 1.70. The molecule has 6 heteroatoms. The molecule has 1 rings (SSSR count). The molecule has 17 heavy (non-hydrogen) atoms. The molecular formula is C11H18N2O4. The molecule has 1 heterocycles. The molecule has 0 aliphatic carbocycles. The minimum Gasteiger partial charge on any atom is -0.480 e. The van der Waals surface area contributed by atoms with Crippen molar-refractivity contribution in [1.29, 1.82) is 0 Å². The quantitative estimate of drug-likeness (QED) is 0.652. The Morgan fingerprint density at radius 3 is 2.65 bits per heavy atom. The van der Waals surface area contributed by atoms with Gasteiger partial charge in [0.25, 0.3) is 0 Å². The number of likely N-dealkylation sites (tertiary alicyclic amines) is 1. The van der Waals surface area contributed by atoms with Gasteiger partial charge in [-0.2, -0.15) is 0 Å². The first-order valence-electron chi connectivity index (χ1n) is 5.66. The number of imide groups is 1. The first kappa shape index (κ1) is 13.6. The number of amides is 2. The summed E-state index contributed by atoms with van der Waals surface area (Å²) in [4.78, 5) is 36.4. The molecule has 2 amide bonds. The van der Waals surface area contributed by atoms with Crippen LogP contribution in [0.3, 0.4) is 0 Å². The van der Waals surface area contributed by atoms with Gasteiger partial charge in [0.15, 0.2) is 0 Å². The standard InChI is InChI=1S/C11H18N2O4/c1-8-6-9(14)13(11(8)17)5-3-4-12(2)7-10(15)16/h8H,3-7H2,1-2H3,(H,15,16). The Hall–Kier alpha value is -1.43. The Balaban J connectivity index is 2.29. The molecule has 96 valence electrons. The fourth-order valence-electron chi connectivity index (χ4n) is 1.89. The van der Waals surface area contributed by atoms with E-state index in [2.05, 4.69) is 0 Å². The molecule has 0 saturated carbocycles. The number of hydrogen-bond acceptors (Lipinski definition) is 4. The molecule has 0 radical (unpaired) electrons. The summed E-state index contributed by atoms with van der Waals surface area (Å²) < 4.78 is 0. The smallest absolute Gasteiger partial charge is 0.317 e. The van der Waals surface area contributed by atoms with Crippen LogP contribution in [0.4, 0.5) is 0 Å². The van der Waals surface area contributed by atoms with Gasteiger partial charge in [-0.25, -0.2) is 0 Å². The van der Waals surface area contributed by atoms with E-state index in [0.29, 0.717) is 25.9 Å². The molecule has 6 nitrogen and oxygen atoms in total. The Labute approximate surface area is 100 Å². The van der Waals surface area contributed by atoms with Crippen molar-refractivity contribution >= 4 is 17.8 Å². The van der Waals surface area contributed by atoms with Gasteiger partial charge < -0.3 is 5.11 Å². The molecule has 0 aromatic heterocycles. The number of aliphatic carboxylic acids is 1. The minimum atomic E-state index is -0.880. The lowest BCUT2D eigenvalue weighted by molar-refractivity contribution is -0.140. The van der Waals surface area contributed by atoms with E-state index in [1.54, 1.807) is 18.9 Å². The molecule has 1 atom stereocenters. The molecule has 0 bridgehead atoms. The molecular weight excluding hydrogens is 224 g/mol. The van der Waals surface area contributed by atoms with Crippen LogP contribution in [0.5, 0.6) is 0 Å². The molecule has 0 aromatic rings. The van der Waals surface area contributed by atoms with Gasteiger partial charge in [-0.1, -0.05) is 6.92 Å². The van der Waals surface area contributed by atoms with Crippen LogP contribution in [-0.4, -0.2) is 59.4 Å². The predicted molar refractivity (Wildman–Crippen MR) is 60.3 cm³/mol. The van der Waals surface area contributed by atoms with Crippen molar-refractivity contribution in [3.63, 3.8) is 0 Å². The lowest BCUT2D eigenvalue weighted by Gasteiger charge is -2.17. The lowest BCUT2D eigenvalue weighted by Crippen LogP contribution is -2.34. The van der Waals surface area contributed by atoms with Gasteiger partial charge in [-0.3, -0.25) is 24.2 Å². The number of carboxylic acids is 1. The summed E-state index contributed by atoms with van der Waals surface area (Å²) in [6.07, 6.45) is 0.901. The second-order valence-electron chi connectivity index (χ2n) is 4.47. The van der Waals surface area contributed by atoms with E-state index >= 15 is 0 Å². The van der Waals surface area contributed by atoms with Crippen molar-refractivity contribution in [2.45, 2.75) is 19.8 Å². The summed E-state index contributed by atoms with van der Waals surface area (Å²) in [5.74, 6) is -1.33. The zero-order valence-electron chi connectivity index (χ0n) is 10.2. The van der Waals surface area contributed by atoms with Crippen molar-refractivity contribution < 1.29 is 19.5 Å². The largest absolute Gasteiger partial charge is 0.480 e. The van der Waals surface area contributed by atoms with E-state index in [4.69, 9.17) is 5.11 Å². The van der Waals surface area contributed by atoms with E-state index in [1.807, 2.05) is 0 Å². The number of carbonyl (C=O) groups excluding carboxylic acids is 2. The van der Waals surface area contributed by atoms with Crippen molar-refractivity contribution in [2.24, 2.45) is 5.92 Å². The normalized spacial score (nSPS) is 20.4. The predicted octanol–water partition coefficient (Wildman–Crippen LogP) is -0.212. The first-order chi connectivity index (χ1) is 7.91. The third-order valence-electron chi connectivity index (χ3n) is 2.80. The molecule has 1 unspecified atom stereocenters. The van der Waals surface area contributed by atoms with Crippen molar-refractivity contribution in [2.75, 3.05) is 26.7 Å². The number of nitrogens with zero attached hydrogens (tertiary/aromatic N) is 2. The summed E-state index contributed by atoms with van der Waals surface area (Å²) >= 11 is 0. The van der Waals surface area contributed by atoms with Crippen LogP contribution in [-0.2, 0) is 14.4 Å². The number of carbonyl (C=O) groups is 3.